The summed E-state index contributed by atoms with van der Waals surface area (Å²) in [5.41, 5.74) is 4.88. The molecule has 4 heteroatoms. The zero-order chi connectivity index (χ0) is 13.0. The van der Waals surface area contributed by atoms with Crippen LogP contribution >= 0.6 is 11.3 Å². The number of thiazole rings is 1. The first-order valence-electron chi connectivity index (χ1n) is 5.75. The monoisotopic (exact) mass is 257 g/mol. The molecule has 3 nitrogen and oxygen atoms in total. The van der Waals surface area contributed by atoms with Gasteiger partial charge in [-0.3, -0.25) is 4.90 Å². The molecule has 0 unspecified atom stereocenters. The van der Waals surface area contributed by atoms with E-state index in [-0.39, 0.29) is 0 Å². The Hall–Kier alpha value is -1.70. The lowest BCUT2D eigenvalue weighted by Gasteiger charge is -2.16. The maximum atomic E-state index is 8.87. The summed E-state index contributed by atoms with van der Waals surface area (Å²) >= 11 is 1.69. The Morgan fingerprint density at radius 1 is 1.39 bits per heavy atom. The van der Waals surface area contributed by atoms with Gasteiger partial charge in [0.1, 0.15) is 0 Å². The van der Waals surface area contributed by atoms with Crippen molar-refractivity contribution in [3.8, 4) is 6.07 Å². The van der Waals surface area contributed by atoms with Crippen molar-refractivity contribution in [2.45, 2.75) is 20.0 Å². The number of rotatable bonds is 4. The SMILES string of the molecule is Cc1ncsc1CN(C)Cc1cccc(C#N)c1. The zero-order valence-electron chi connectivity index (χ0n) is 10.6. The van der Waals surface area contributed by atoms with Gasteiger partial charge in [0.25, 0.3) is 0 Å². The molecule has 18 heavy (non-hydrogen) atoms. The van der Waals surface area contributed by atoms with E-state index in [2.05, 4.69) is 29.1 Å². The smallest absolute Gasteiger partial charge is 0.0991 e. The Morgan fingerprint density at radius 2 is 2.22 bits per heavy atom. The number of benzene rings is 1. The normalized spacial score (nSPS) is 10.6. The van der Waals surface area contributed by atoms with Crippen LogP contribution in [0.25, 0.3) is 0 Å². The van der Waals surface area contributed by atoms with Crippen LogP contribution in [0.5, 0.6) is 0 Å². The summed E-state index contributed by atoms with van der Waals surface area (Å²) in [6.45, 7) is 3.77. The van der Waals surface area contributed by atoms with E-state index in [0.29, 0.717) is 0 Å². The van der Waals surface area contributed by atoms with E-state index < -0.39 is 0 Å². The molecule has 0 N–H and O–H groups in total. The Bertz CT molecular complexity index is 568. The number of aromatic nitrogens is 1. The molecular formula is C14H15N3S. The largest absolute Gasteiger partial charge is 0.297 e. The van der Waals surface area contributed by atoms with Crippen LogP contribution in [0.3, 0.4) is 0 Å². The van der Waals surface area contributed by atoms with Gasteiger partial charge in [-0.2, -0.15) is 5.26 Å². The Balaban J connectivity index is 2.01. The molecule has 1 aromatic heterocycles. The fourth-order valence-corrected chi connectivity index (χ4v) is 2.69. The summed E-state index contributed by atoms with van der Waals surface area (Å²) in [5, 5.41) is 8.87. The number of hydrogen-bond donors (Lipinski definition) is 0. The van der Waals surface area contributed by atoms with Crippen LogP contribution in [0.4, 0.5) is 0 Å². The summed E-state index contributed by atoms with van der Waals surface area (Å²) < 4.78 is 0. The lowest BCUT2D eigenvalue weighted by Crippen LogP contribution is -2.17. The van der Waals surface area contributed by atoms with E-state index in [1.165, 1.54) is 10.4 Å². The fraction of sp³-hybridized carbons (Fsp3) is 0.286. The van der Waals surface area contributed by atoms with Crippen LogP contribution in [0.15, 0.2) is 29.8 Å². The molecule has 0 fully saturated rings. The van der Waals surface area contributed by atoms with Gasteiger partial charge in [-0.15, -0.1) is 11.3 Å². The highest BCUT2D eigenvalue weighted by Gasteiger charge is 2.06. The number of aryl methyl sites for hydroxylation is 1. The van der Waals surface area contributed by atoms with Crippen molar-refractivity contribution in [2.75, 3.05) is 7.05 Å². The van der Waals surface area contributed by atoms with Gasteiger partial charge in [0, 0.05) is 18.0 Å². The molecule has 1 heterocycles. The minimum Gasteiger partial charge on any atom is -0.297 e. The van der Waals surface area contributed by atoms with Crippen LogP contribution in [0.2, 0.25) is 0 Å². The zero-order valence-corrected chi connectivity index (χ0v) is 11.4. The van der Waals surface area contributed by atoms with Gasteiger partial charge in [0.15, 0.2) is 0 Å². The minimum absolute atomic E-state index is 0.717. The average Bonchev–Trinajstić information content (AvgIpc) is 2.75. The van der Waals surface area contributed by atoms with E-state index in [1.54, 1.807) is 11.3 Å². The molecule has 2 aromatic rings. The topological polar surface area (TPSA) is 39.9 Å². The van der Waals surface area contributed by atoms with Gasteiger partial charge in [-0.05, 0) is 31.7 Å². The maximum Gasteiger partial charge on any atom is 0.0991 e. The fourth-order valence-electron chi connectivity index (χ4n) is 1.83. The van der Waals surface area contributed by atoms with E-state index >= 15 is 0 Å². The molecule has 0 saturated heterocycles. The molecule has 0 bridgehead atoms. The van der Waals surface area contributed by atoms with Gasteiger partial charge in [-0.1, -0.05) is 12.1 Å². The first-order valence-corrected chi connectivity index (χ1v) is 6.63. The van der Waals surface area contributed by atoms with Crippen molar-refractivity contribution in [1.29, 1.82) is 5.26 Å². The van der Waals surface area contributed by atoms with Crippen molar-refractivity contribution >= 4 is 11.3 Å². The Kier molecular flexibility index (Phi) is 4.08. The van der Waals surface area contributed by atoms with Crippen molar-refractivity contribution in [1.82, 2.24) is 9.88 Å². The molecule has 1 aromatic carbocycles. The highest BCUT2D eigenvalue weighted by atomic mass is 32.1. The summed E-state index contributed by atoms with van der Waals surface area (Å²) in [7, 11) is 2.08. The van der Waals surface area contributed by atoms with Gasteiger partial charge >= 0.3 is 0 Å². The third-order valence-electron chi connectivity index (χ3n) is 2.77. The predicted molar refractivity (Wildman–Crippen MR) is 73.2 cm³/mol. The Labute approximate surface area is 111 Å². The molecule has 0 aliphatic carbocycles. The number of hydrogen-bond acceptors (Lipinski definition) is 4. The maximum absolute atomic E-state index is 8.87. The van der Waals surface area contributed by atoms with Gasteiger partial charge < -0.3 is 0 Å². The highest BCUT2D eigenvalue weighted by Crippen LogP contribution is 2.16. The van der Waals surface area contributed by atoms with Gasteiger partial charge in [0.05, 0.1) is 22.8 Å². The lowest BCUT2D eigenvalue weighted by molar-refractivity contribution is 0.321. The second-order valence-electron chi connectivity index (χ2n) is 4.35. The summed E-state index contributed by atoms with van der Waals surface area (Å²) in [5.74, 6) is 0. The van der Waals surface area contributed by atoms with Crippen molar-refractivity contribution in [3.63, 3.8) is 0 Å². The molecule has 0 aliphatic rings. The molecule has 0 saturated carbocycles. The van der Waals surface area contributed by atoms with Crippen LogP contribution in [0.1, 0.15) is 21.7 Å². The van der Waals surface area contributed by atoms with E-state index in [1.807, 2.05) is 30.6 Å². The third-order valence-corrected chi connectivity index (χ3v) is 3.69. The van der Waals surface area contributed by atoms with Crippen molar-refractivity contribution in [3.05, 3.63) is 51.5 Å². The standard InChI is InChI=1S/C14H15N3S/c1-11-14(18-10-16-11)9-17(2)8-13-5-3-4-12(6-13)7-15/h3-6,10H,8-9H2,1-2H3. The average molecular weight is 257 g/mol. The van der Waals surface area contributed by atoms with E-state index in [0.717, 1.165) is 24.3 Å². The van der Waals surface area contributed by atoms with E-state index in [9.17, 15) is 0 Å². The second kappa shape index (κ2) is 5.76. The van der Waals surface area contributed by atoms with Crippen LogP contribution in [-0.4, -0.2) is 16.9 Å². The first kappa shape index (κ1) is 12.7. The number of nitriles is 1. The van der Waals surface area contributed by atoms with Crippen LogP contribution in [0, 0.1) is 18.3 Å². The van der Waals surface area contributed by atoms with Gasteiger partial charge in [0.2, 0.25) is 0 Å². The summed E-state index contributed by atoms with van der Waals surface area (Å²) in [6, 6.07) is 9.92. The van der Waals surface area contributed by atoms with E-state index in [4.69, 9.17) is 5.26 Å². The molecule has 0 radical (unpaired) electrons. The summed E-state index contributed by atoms with van der Waals surface area (Å²) in [6.07, 6.45) is 0. The molecule has 0 atom stereocenters. The summed E-state index contributed by atoms with van der Waals surface area (Å²) in [4.78, 5) is 7.79. The Morgan fingerprint density at radius 3 is 2.89 bits per heavy atom. The molecular weight excluding hydrogens is 242 g/mol. The first-order chi connectivity index (χ1) is 8.69. The quantitative estimate of drug-likeness (QED) is 0.845. The highest BCUT2D eigenvalue weighted by molar-refractivity contribution is 7.09. The molecule has 2 rings (SSSR count). The predicted octanol–water partition coefficient (Wildman–Crippen LogP) is 2.96. The lowest BCUT2D eigenvalue weighted by atomic mass is 10.1. The number of nitrogens with zero attached hydrogens (tertiary/aromatic N) is 3. The molecule has 0 aliphatic heterocycles. The van der Waals surface area contributed by atoms with Crippen LogP contribution in [-0.2, 0) is 13.1 Å². The second-order valence-corrected chi connectivity index (χ2v) is 5.28. The molecule has 0 spiro atoms. The van der Waals surface area contributed by atoms with Crippen molar-refractivity contribution < 1.29 is 0 Å². The molecule has 92 valence electrons. The third kappa shape index (κ3) is 3.16. The molecule has 0 amide bonds. The minimum atomic E-state index is 0.717. The van der Waals surface area contributed by atoms with Crippen molar-refractivity contribution in [2.24, 2.45) is 0 Å². The van der Waals surface area contributed by atoms with Gasteiger partial charge in [-0.25, -0.2) is 4.98 Å². The van der Waals surface area contributed by atoms with Crippen LogP contribution < -0.4 is 0 Å².